The average Bonchev–Trinajstić information content (AvgIpc) is 3.29. The zero-order valence-electron chi connectivity index (χ0n) is 25.5. The standard InChI is InChI=1S/C32H52N2O5S/c1-8-30(6)16-24(31(7)20(4)11-13-32(21(5)28(30)37)14-12-23(35)27(31)32)39-25(36)18-40-22-10-9-15-34(17-22)29(38)26(33)19(2)3/h8,19-22,24,26-28,37H,1,9-18,33H2,2-7H3/t20-,21+,22?,24-,26?,27?,28+,30-,31+,32+/m1/s1. The van der Waals surface area contributed by atoms with Crippen molar-refractivity contribution in [3.8, 4) is 0 Å². The summed E-state index contributed by atoms with van der Waals surface area (Å²) in [5, 5.41) is 11.8. The van der Waals surface area contributed by atoms with E-state index in [1.807, 2.05) is 31.7 Å². The van der Waals surface area contributed by atoms with Gasteiger partial charge in [0.25, 0.3) is 0 Å². The topological polar surface area (TPSA) is 110 Å². The van der Waals surface area contributed by atoms with E-state index in [1.165, 1.54) is 0 Å². The maximum Gasteiger partial charge on any atom is 0.316 e. The van der Waals surface area contributed by atoms with Gasteiger partial charge in [0, 0.05) is 41.5 Å². The van der Waals surface area contributed by atoms with Crippen molar-refractivity contribution in [3.05, 3.63) is 12.7 Å². The molecule has 1 saturated heterocycles. The van der Waals surface area contributed by atoms with E-state index in [2.05, 4.69) is 27.4 Å². The van der Waals surface area contributed by atoms with Crippen molar-refractivity contribution in [2.24, 2.45) is 45.7 Å². The lowest BCUT2D eigenvalue weighted by Gasteiger charge is -2.61. The minimum Gasteiger partial charge on any atom is -0.461 e. The fraction of sp³-hybridized carbons (Fsp3) is 0.844. The molecule has 0 spiro atoms. The van der Waals surface area contributed by atoms with Gasteiger partial charge in [-0.3, -0.25) is 14.4 Å². The van der Waals surface area contributed by atoms with Gasteiger partial charge >= 0.3 is 5.97 Å². The second-order valence-electron chi connectivity index (χ2n) is 14.2. The first-order valence-electron chi connectivity index (χ1n) is 15.4. The predicted octanol–water partition coefficient (Wildman–Crippen LogP) is 4.60. The number of esters is 1. The van der Waals surface area contributed by atoms with E-state index >= 15 is 0 Å². The van der Waals surface area contributed by atoms with Crippen LogP contribution in [0.4, 0.5) is 0 Å². The van der Waals surface area contributed by atoms with Crippen molar-refractivity contribution in [1.82, 2.24) is 4.90 Å². The molecule has 0 radical (unpaired) electrons. The Labute approximate surface area is 245 Å². The van der Waals surface area contributed by atoms with E-state index in [4.69, 9.17) is 10.5 Å². The Balaban J connectivity index is 1.52. The Morgan fingerprint density at radius 2 is 1.95 bits per heavy atom. The number of ketones is 1. The molecule has 0 aromatic carbocycles. The SMILES string of the molecule is C=C[C@]1(C)C[C@@H](OC(=O)CSC2CCCN(C(=O)C(N)C(C)C)C2)[C@@]2(C)C3C(=O)CC[C@@]3(CC[C@H]2C)[C@@H](C)[C@@H]1O. The maximum atomic E-state index is 13.6. The highest BCUT2D eigenvalue weighted by Crippen LogP contribution is 2.68. The molecular weight excluding hydrogens is 524 g/mol. The van der Waals surface area contributed by atoms with Crippen LogP contribution in [0.3, 0.4) is 0 Å². The van der Waals surface area contributed by atoms with Crippen LogP contribution in [0.5, 0.6) is 0 Å². The number of carbonyl (C=O) groups is 3. The summed E-state index contributed by atoms with van der Waals surface area (Å²) < 4.78 is 6.38. The Kier molecular flexibility index (Phi) is 9.24. The number of Topliss-reactive ketones (excluding diaryl/α,β-unsaturated/α-hetero) is 1. The summed E-state index contributed by atoms with van der Waals surface area (Å²) in [6, 6.07) is -0.506. The molecule has 8 heteroatoms. The first-order valence-corrected chi connectivity index (χ1v) is 16.5. The van der Waals surface area contributed by atoms with Crippen LogP contribution in [-0.4, -0.2) is 70.0 Å². The first-order chi connectivity index (χ1) is 18.7. The lowest BCUT2D eigenvalue weighted by molar-refractivity contribution is -0.205. The van der Waals surface area contributed by atoms with Gasteiger partial charge in [0.2, 0.25) is 5.91 Å². The monoisotopic (exact) mass is 576 g/mol. The molecule has 3 saturated carbocycles. The smallest absolute Gasteiger partial charge is 0.316 e. The van der Waals surface area contributed by atoms with E-state index in [-0.39, 0.29) is 57.7 Å². The molecule has 0 aromatic rings. The van der Waals surface area contributed by atoms with Crippen LogP contribution >= 0.6 is 11.8 Å². The van der Waals surface area contributed by atoms with Gasteiger partial charge in [0.05, 0.1) is 17.9 Å². The number of hydrogen-bond donors (Lipinski definition) is 2. The number of nitrogens with two attached hydrogens (primary N) is 1. The Morgan fingerprint density at radius 1 is 1.25 bits per heavy atom. The van der Waals surface area contributed by atoms with Crippen LogP contribution < -0.4 is 5.73 Å². The predicted molar refractivity (Wildman–Crippen MR) is 160 cm³/mol. The van der Waals surface area contributed by atoms with Crippen LogP contribution in [0.25, 0.3) is 0 Å². The molecule has 7 nitrogen and oxygen atoms in total. The number of aliphatic hydroxyl groups excluding tert-OH is 1. The van der Waals surface area contributed by atoms with Crippen molar-refractivity contribution < 1.29 is 24.2 Å². The molecule has 2 bridgehead atoms. The number of aliphatic hydroxyl groups is 1. The highest BCUT2D eigenvalue weighted by atomic mass is 32.2. The fourth-order valence-corrected chi connectivity index (χ4v) is 9.71. The number of amides is 1. The lowest BCUT2D eigenvalue weighted by Crippen LogP contribution is -2.63. The van der Waals surface area contributed by atoms with Gasteiger partial charge in [-0.05, 0) is 61.7 Å². The van der Waals surface area contributed by atoms with Crippen molar-refractivity contribution in [3.63, 3.8) is 0 Å². The zero-order chi connectivity index (χ0) is 29.6. The van der Waals surface area contributed by atoms with Crippen LogP contribution in [0, 0.1) is 39.9 Å². The van der Waals surface area contributed by atoms with Crippen LogP contribution in [0.2, 0.25) is 0 Å². The van der Waals surface area contributed by atoms with E-state index in [0.29, 0.717) is 25.9 Å². The first kappa shape index (κ1) is 31.6. The van der Waals surface area contributed by atoms with Crippen molar-refractivity contribution in [2.45, 2.75) is 110 Å². The minimum atomic E-state index is -0.671. The molecule has 3 aliphatic carbocycles. The fourth-order valence-electron chi connectivity index (χ4n) is 8.65. The Hall–Kier alpha value is -1.38. The van der Waals surface area contributed by atoms with Gasteiger partial charge in [-0.15, -0.1) is 18.3 Å². The van der Waals surface area contributed by atoms with Gasteiger partial charge in [0.15, 0.2) is 0 Å². The second kappa shape index (κ2) is 11.7. The van der Waals surface area contributed by atoms with E-state index < -0.39 is 29.1 Å². The summed E-state index contributed by atoms with van der Waals surface area (Å²) in [5.74, 6) is 0.158. The van der Waals surface area contributed by atoms with E-state index in [0.717, 1.165) is 32.1 Å². The molecule has 1 amide bonds. The molecule has 3 unspecified atom stereocenters. The molecule has 3 N–H and O–H groups in total. The third-order valence-electron chi connectivity index (χ3n) is 11.7. The highest BCUT2D eigenvalue weighted by Gasteiger charge is 2.68. The molecule has 0 aromatic heterocycles. The Bertz CT molecular complexity index is 1000. The van der Waals surface area contributed by atoms with Gasteiger partial charge in [-0.25, -0.2) is 0 Å². The molecule has 4 aliphatic rings. The van der Waals surface area contributed by atoms with Gasteiger partial charge in [-0.2, -0.15) is 0 Å². The summed E-state index contributed by atoms with van der Waals surface area (Å²) in [4.78, 5) is 41.7. The molecule has 1 aliphatic heterocycles. The third kappa shape index (κ3) is 5.30. The van der Waals surface area contributed by atoms with Crippen LogP contribution in [0.15, 0.2) is 12.7 Å². The zero-order valence-corrected chi connectivity index (χ0v) is 26.3. The van der Waals surface area contributed by atoms with Crippen molar-refractivity contribution in [1.29, 1.82) is 0 Å². The largest absolute Gasteiger partial charge is 0.461 e. The quantitative estimate of drug-likeness (QED) is 0.337. The van der Waals surface area contributed by atoms with Gasteiger partial charge in [-0.1, -0.05) is 47.6 Å². The average molecular weight is 577 g/mol. The number of hydrogen-bond acceptors (Lipinski definition) is 7. The summed E-state index contributed by atoms with van der Waals surface area (Å²) in [6.45, 7) is 17.8. The lowest BCUT2D eigenvalue weighted by atomic mass is 9.44. The summed E-state index contributed by atoms with van der Waals surface area (Å²) in [5.41, 5.74) is 4.70. The third-order valence-corrected chi connectivity index (χ3v) is 13.0. The van der Waals surface area contributed by atoms with Crippen molar-refractivity contribution in [2.75, 3.05) is 18.8 Å². The molecule has 4 rings (SSSR count). The molecule has 226 valence electrons. The van der Waals surface area contributed by atoms with Crippen LogP contribution in [-0.2, 0) is 19.1 Å². The normalized spacial score (nSPS) is 42.5. The maximum absolute atomic E-state index is 13.6. The van der Waals surface area contributed by atoms with Crippen molar-refractivity contribution >= 4 is 29.4 Å². The molecule has 1 heterocycles. The number of thioether (sulfide) groups is 1. The highest BCUT2D eigenvalue weighted by molar-refractivity contribution is 8.00. The molecule has 4 fully saturated rings. The number of carbonyl (C=O) groups excluding carboxylic acids is 3. The van der Waals surface area contributed by atoms with Gasteiger partial charge < -0.3 is 20.5 Å². The summed E-state index contributed by atoms with van der Waals surface area (Å²) in [7, 11) is 0. The van der Waals surface area contributed by atoms with E-state index in [9.17, 15) is 19.5 Å². The molecule has 10 atom stereocenters. The van der Waals surface area contributed by atoms with E-state index in [1.54, 1.807) is 11.8 Å². The summed E-state index contributed by atoms with van der Waals surface area (Å²) >= 11 is 1.55. The van der Waals surface area contributed by atoms with Crippen LogP contribution in [0.1, 0.15) is 86.5 Å². The number of piperidine rings is 1. The number of ether oxygens (including phenoxy) is 1. The molecule has 40 heavy (non-hydrogen) atoms. The Morgan fingerprint density at radius 3 is 2.60 bits per heavy atom. The second-order valence-corrected chi connectivity index (χ2v) is 15.5. The minimum absolute atomic E-state index is 0.0159. The molecular formula is C32H52N2O5S. The summed E-state index contributed by atoms with van der Waals surface area (Å²) in [6.07, 6.45) is 6.12. The number of nitrogens with zero attached hydrogens (tertiary/aromatic N) is 1. The number of likely N-dealkylation sites (tertiary alicyclic amines) is 1. The van der Waals surface area contributed by atoms with Gasteiger partial charge in [0.1, 0.15) is 11.9 Å². The number of rotatable bonds is 7.